The van der Waals surface area contributed by atoms with Gasteiger partial charge in [0.1, 0.15) is 20.2 Å². The van der Waals surface area contributed by atoms with Crippen LogP contribution in [0, 0.1) is 0 Å². The third-order valence-electron chi connectivity index (χ3n) is 5.05. The van der Waals surface area contributed by atoms with Gasteiger partial charge in [-0.2, -0.15) is 0 Å². The van der Waals surface area contributed by atoms with Gasteiger partial charge in [-0.3, -0.25) is 0 Å². The maximum Gasteiger partial charge on any atom is 0.125 e. The highest BCUT2D eigenvalue weighted by molar-refractivity contribution is 7.86. The zero-order chi connectivity index (χ0) is 27.8. The van der Waals surface area contributed by atoms with Gasteiger partial charge in [-0.25, -0.2) is 16.8 Å². The highest BCUT2D eigenvalue weighted by Gasteiger charge is 2.17. The summed E-state index contributed by atoms with van der Waals surface area (Å²) in [5.41, 5.74) is 17.9. The molecular formula is C24H42N4O6S2. The number of hydrogen-bond donors (Lipinski definition) is 4. The quantitative estimate of drug-likeness (QED) is 0.185. The second-order valence-corrected chi connectivity index (χ2v) is 10.9. The van der Waals surface area contributed by atoms with E-state index in [1.54, 1.807) is 0 Å². The molecule has 36 heavy (non-hydrogen) atoms. The summed E-state index contributed by atoms with van der Waals surface area (Å²) < 4.78 is 68.1. The van der Waals surface area contributed by atoms with Crippen LogP contribution in [0.5, 0.6) is 0 Å². The first-order chi connectivity index (χ1) is 16.8. The van der Waals surface area contributed by atoms with Gasteiger partial charge >= 0.3 is 0 Å². The van der Waals surface area contributed by atoms with Gasteiger partial charge in [-0.15, -0.1) is 0 Å². The fourth-order valence-corrected chi connectivity index (χ4v) is 4.60. The lowest BCUT2D eigenvalue weighted by Gasteiger charge is -2.18. The van der Waals surface area contributed by atoms with E-state index in [0.29, 0.717) is 0 Å². The summed E-state index contributed by atoms with van der Waals surface area (Å²) in [6, 6.07) is 6.66. The standard InChI is InChI=1S/C12H12N2O6S2.2C6H15N/c13-7-1-3-9(11(5-7)21(15,16)17)10-4-2-8(14)6-12(10)22(18,19)20;2*1-2-3-4-5-6-7/h1-6H,13-14H2,(H,15,16,17)(H,18,19,20);2*2-7H2,1H3. The van der Waals surface area contributed by atoms with Gasteiger partial charge in [0, 0.05) is 22.5 Å². The average Bonchev–Trinajstić information content (AvgIpc) is 2.80. The molecule has 0 radical (unpaired) electrons. The molecule has 10 nitrogen and oxygen atoms in total. The molecule has 0 spiro atoms. The van der Waals surface area contributed by atoms with Crippen LogP contribution in [0.1, 0.15) is 65.2 Å². The van der Waals surface area contributed by atoms with Crippen LogP contribution in [0.25, 0.3) is 11.1 Å². The molecule has 0 aliphatic carbocycles. The molecule has 0 aromatic heterocycles. The molecule has 2 aromatic rings. The molecule has 0 unspecified atom stereocenters. The van der Waals surface area contributed by atoms with Crippen molar-refractivity contribution in [1.29, 1.82) is 0 Å². The smallest absolute Gasteiger partial charge is 0.125 e. The number of nitrogen functional groups attached to an aromatic ring is 2. The van der Waals surface area contributed by atoms with E-state index in [9.17, 15) is 25.9 Å². The lowest BCUT2D eigenvalue weighted by atomic mass is 10.0. The van der Waals surface area contributed by atoms with Crippen LogP contribution in [0.4, 0.5) is 11.4 Å². The summed E-state index contributed by atoms with van der Waals surface area (Å²) >= 11 is 0. The predicted octanol–water partition coefficient (Wildman–Crippen LogP) is 1.94. The molecule has 10 N–H and O–H groups in total. The van der Waals surface area contributed by atoms with Crippen LogP contribution in [0.3, 0.4) is 0 Å². The molecule has 0 fully saturated rings. The molecule has 0 aliphatic rings. The van der Waals surface area contributed by atoms with Crippen LogP contribution < -0.4 is 22.9 Å². The van der Waals surface area contributed by atoms with E-state index >= 15 is 0 Å². The van der Waals surface area contributed by atoms with Gasteiger partial charge < -0.3 is 32.0 Å². The molecular weight excluding hydrogens is 504 g/mol. The van der Waals surface area contributed by atoms with Crippen molar-refractivity contribution in [2.24, 2.45) is 0 Å². The zero-order valence-electron chi connectivity index (χ0n) is 21.4. The first-order valence-corrected chi connectivity index (χ1v) is 14.9. The van der Waals surface area contributed by atoms with Crippen molar-refractivity contribution in [3.63, 3.8) is 0 Å². The van der Waals surface area contributed by atoms with E-state index in [0.717, 1.165) is 37.4 Å². The van der Waals surface area contributed by atoms with Crippen LogP contribution in [0.15, 0.2) is 46.2 Å². The number of unbranched alkanes of at least 4 members (excludes halogenated alkanes) is 6. The van der Waals surface area contributed by atoms with Crippen molar-refractivity contribution >= 4 is 31.6 Å². The van der Waals surface area contributed by atoms with Gasteiger partial charge in [0.15, 0.2) is 0 Å². The lowest BCUT2D eigenvalue weighted by Crippen LogP contribution is -2.50. The molecule has 0 bridgehead atoms. The van der Waals surface area contributed by atoms with Crippen LogP contribution in [0.2, 0.25) is 0 Å². The fourth-order valence-electron chi connectivity index (χ4n) is 3.14. The summed E-state index contributed by atoms with van der Waals surface area (Å²) in [5, 5.41) is 0. The molecule has 12 heteroatoms. The summed E-state index contributed by atoms with van der Waals surface area (Å²) in [7, 11) is -9.87. The largest absolute Gasteiger partial charge is 0.744 e. The van der Waals surface area contributed by atoms with Crippen LogP contribution in [-0.4, -0.2) is 39.0 Å². The third kappa shape index (κ3) is 13.2. The molecule has 206 valence electrons. The number of nitrogens with two attached hydrogens (primary N) is 2. The van der Waals surface area contributed by atoms with Gasteiger partial charge in [0.2, 0.25) is 0 Å². The number of anilines is 2. The predicted molar refractivity (Wildman–Crippen MR) is 140 cm³/mol. The Labute approximate surface area is 215 Å². The summed E-state index contributed by atoms with van der Waals surface area (Å²) in [4.78, 5) is -1.44. The topological polar surface area (TPSA) is 222 Å². The third-order valence-corrected chi connectivity index (χ3v) is 6.80. The van der Waals surface area contributed by atoms with Crippen molar-refractivity contribution in [2.45, 2.75) is 75.0 Å². The molecule has 0 saturated heterocycles. The van der Waals surface area contributed by atoms with Crippen molar-refractivity contribution in [3.05, 3.63) is 36.4 Å². The maximum atomic E-state index is 11.3. The minimum atomic E-state index is -4.93. The molecule has 0 saturated carbocycles. The van der Waals surface area contributed by atoms with E-state index < -0.39 is 30.0 Å². The van der Waals surface area contributed by atoms with Gasteiger partial charge in [0.05, 0.1) is 22.9 Å². The van der Waals surface area contributed by atoms with Crippen LogP contribution >= 0.6 is 0 Å². The van der Waals surface area contributed by atoms with Crippen molar-refractivity contribution < 1.29 is 37.4 Å². The maximum absolute atomic E-state index is 11.3. The SMILES string of the molecule is CCCCCC[NH3+].CCCCCC[NH3+].Nc1ccc(-c2ccc(N)cc2S(=O)(=O)[O-])c(S(=O)(=O)[O-])c1. The molecule has 0 atom stereocenters. The van der Waals surface area contributed by atoms with Gasteiger partial charge in [-0.05, 0) is 49.9 Å². The Hall–Kier alpha value is -2.22. The molecule has 2 aromatic carbocycles. The highest BCUT2D eigenvalue weighted by Crippen LogP contribution is 2.34. The minimum Gasteiger partial charge on any atom is -0.744 e. The molecule has 0 amide bonds. The van der Waals surface area contributed by atoms with E-state index in [1.807, 2.05) is 0 Å². The Balaban J connectivity index is 0.000000720. The first-order valence-electron chi connectivity index (χ1n) is 12.1. The minimum absolute atomic E-state index is 0.000139. The highest BCUT2D eigenvalue weighted by atomic mass is 32.2. The fraction of sp³-hybridized carbons (Fsp3) is 0.500. The van der Waals surface area contributed by atoms with Gasteiger partial charge in [0.25, 0.3) is 0 Å². The number of benzene rings is 2. The second-order valence-electron chi connectivity index (χ2n) is 8.25. The van der Waals surface area contributed by atoms with Crippen molar-refractivity contribution in [3.8, 4) is 11.1 Å². The van der Waals surface area contributed by atoms with Crippen molar-refractivity contribution in [1.82, 2.24) is 0 Å². The van der Waals surface area contributed by atoms with E-state index in [2.05, 4.69) is 25.3 Å². The lowest BCUT2D eigenvalue weighted by molar-refractivity contribution is -0.368. The number of hydrogen-bond acceptors (Lipinski definition) is 8. The first kappa shape index (κ1) is 33.8. The Morgan fingerprint density at radius 3 is 1.22 bits per heavy atom. The van der Waals surface area contributed by atoms with E-state index in [4.69, 9.17) is 11.5 Å². The zero-order valence-corrected chi connectivity index (χ0v) is 23.0. The molecule has 2 rings (SSSR count). The second kappa shape index (κ2) is 17.3. The molecule has 0 heterocycles. The Morgan fingerprint density at radius 2 is 0.972 bits per heavy atom. The number of quaternary nitrogens is 2. The Bertz CT molecular complexity index is 1030. The van der Waals surface area contributed by atoms with Crippen LogP contribution in [-0.2, 0) is 20.2 Å². The van der Waals surface area contributed by atoms with Gasteiger partial charge in [-0.1, -0.05) is 51.7 Å². The normalized spacial score (nSPS) is 11.2. The summed E-state index contributed by atoms with van der Waals surface area (Å²) in [5.74, 6) is 0. The Kier molecular flexibility index (Phi) is 16.2. The Morgan fingerprint density at radius 1 is 0.639 bits per heavy atom. The summed E-state index contributed by atoms with van der Waals surface area (Å²) in [6.45, 7) is 6.67. The average molecular weight is 547 g/mol. The van der Waals surface area contributed by atoms with Crippen molar-refractivity contribution in [2.75, 3.05) is 24.6 Å². The number of rotatable bonds is 11. The van der Waals surface area contributed by atoms with E-state index in [1.165, 1.54) is 63.5 Å². The van der Waals surface area contributed by atoms with E-state index in [-0.39, 0.29) is 22.5 Å². The summed E-state index contributed by atoms with van der Waals surface area (Å²) in [6.07, 6.45) is 10.8. The monoisotopic (exact) mass is 546 g/mol. The molecule has 0 aliphatic heterocycles.